The van der Waals surface area contributed by atoms with Gasteiger partial charge in [-0.25, -0.2) is 0 Å². The van der Waals surface area contributed by atoms with E-state index in [0.717, 1.165) is 18.3 Å². The van der Waals surface area contributed by atoms with Gasteiger partial charge in [-0.05, 0) is 91.7 Å². The summed E-state index contributed by atoms with van der Waals surface area (Å²) < 4.78 is 34.0. The average Bonchev–Trinajstić information content (AvgIpc) is 2.80. The van der Waals surface area contributed by atoms with Crippen LogP contribution >= 0.6 is 0 Å². The fourth-order valence-corrected chi connectivity index (χ4v) is 7.35. The third-order valence-corrected chi connectivity index (χ3v) is 8.54. The highest BCUT2D eigenvalue weighted by atomic mass is 14.6. The topological polar surface area (TPSA) is 0 Å². The maximum Gasteiger partial charge on any atom is 0.0270 e. The summed E-state index contributed by atoms with van der Waals surface area (Å²) in [4.78, 5) is 0. The molecule has 0 bridgehead atoms. The van der Waals surface area contributed by atoms with Crippen molar-refractivity contribution in [2.45, 2.75) is 91.3 Å². The maximum atomic E-state index is 8.61. The molecule has 4 fully saturated rings. The van der Waals surface area contributed by atoms with E-state index in [-0.39, 0.29) is 17.8 Å². The van der Waals surface area contributed by atoms with E-state index in [4.69, 9.17) is 5.48 Å². The second kappa shape index (κ2) is 5.00. The van der Waals surface area contributed by atoms with Crippen LogP contribution in [0, 0.1) is 40.4 Å². The molecule has 120 valence electrons. The zero-order valence-electron chi connectivity index (χ0n) is 18.3. The average molecular weight is 293 g/mol. The van der Waals surface area contributed by atoms with Gasteiger partial charge in [0.25, 0.3) is 0 Å². The minimum absolute atomic E-state index is 0.0535. The first-order valence-corrected chi connectivity index (χ1v) is 9.53. The van der Waals surface area contributed by atoms with E-state index in [9.17, 15) is 0 Å². The smallest absolute Gasteiger partial charge is 0.0270 e. The molecule has 0 aromatic heterocycles. The Kier molecular flexibility index (Phi) is 2.55. The largest absolute Gasteiger partial charge is 0.0651 e. The van der Waals surface area contributed by atoms with Crippen molar-refractivity contribution >= 4 is 0 Å². The predicted octanol–water partition coefficient (Wildman–Crippen LogP) is 6.45. The third kappa shape index (κ3) is 1.93. The lowest BCUT2D eigenvalue weighted by atomic mass is 9.45. The van der Waals surface area contributed by atoms with Crippen LogP contribution in [0.4, 0.5) is 0 Å². The SMILES string of the molecule is [2H]C1([2H])CC([2H])([2H])[C@@H]2CC[C@H]3[C@@H]4CC[C@H](CC)[C@@]4(C)CC[C@@H]3[C@@]2(C)C1. The molecule has 0 spiro atoms. The monoisotopic (exact) mass is 292 g/mol. The molecule has 0 amide bonds. The van der Waals surface area contributed by atoms with Crippen LogP contribution in [0.5, 0.6) is 0 Å². The summed E-state index contributed by atoms with van der Waals surface area (Å²) in [6, 6.07) is 0. The van der Waals surface area contributed by atoms with Gasteiger partial charge in [-0.3, -0.25) is 0 Å². The Morgan fingerprint density at radius 1 is 0.952 bits per heavy atom. The van der Waals surface area contributed by atoms with Crippen LogP contribution in [-0.2, 0) is 0 Å². The molecular weight excluding hydrogens is 252 g/mol. The summed E-state index contributed by atoms with van der Waals surface area (Å²) in [5, 5.41) is 0. The van der Waals surface area contributed by atoms with Crippen LogP contribution < -0.4 is 0 Å². The lowest BCUT2D eigenvalue weighted by Crippen LogP contribution is -2.52. The fraction of sp³-hybridized carbons (Fsp3) is 1.00. The molecule has 4 rings (SSSR count). The molecule has 4 aliphatic rings. The molecule has 4 saturated carbocycles. The van der Waals surface area contributed by atoms with Gasteiger partial charge < -0.3 is 0 Å². The van der Waals surface area contributed by atoms with Gasteiger partial charge in [0.05, 0.1) is 0 Å². The summed E-state index contributed by atoms with van der Waals surface area (Å²) in [6.45, 7) is 7.16. The second-order valence-corrected chi connectivity index (χ2v) is 9.05. The van der Waals surface area contributed by atoms with Gasteiger partial charge in [-0.15, -0.1) is 0 Å². The number of hydrogen-bond acceptors (Lipinski definition) is 0. The van der Waals surface area contributed by atoms with Crippen molar-refractivity contribution in [1.29, 1.82) is 0 Å². The first-order valence-electron chi connectivity index (χ1n) is 11.5. The quantitative estimate of drug-likeness (QED) is 0.521. The second-order valence-electron chi connectivity index (χ2n) is 9.05. The molecule has 0 unspecified atom stereocenters. The van der Waals surface area contributed by atoms with Crippen LogP contribution in [0.25, 0.3) is 0 Å². The van der Waals surface area contributed by atoms with Gasteiger partial charge in [-0.1, -0.05) is 40.0 Å². The Morgan fingerprint density at radius 2 is 1.76 bits per heavy atom. The van der Waals surface area contributed by atoms with Gasteiger partial charge in [0, 0.05) is 5.48 Å². The lowest BCUT2D eigenvalue weighted by Gasteiger charge is -2.60. The summed E-state index contributed by atoms with van der Waals surface area (Å²) >= 11 is 0. The Hall–Kier alpha value is 0. The molecule has 21 heavy (non-hydrogen) atoms. The van der Waals surface area contributed by atoms with Crippen LogP contribution in [-0.4, -0.2) is 0 Å². The Morgan fingerprint density at radius 3 is 2.57 bits per heavy atom. The fourth-order valence-electron chi connectivity index (χ4n) is 7.35. The van der Waals surface area contributed by atoms with E-state index in [2.05, 4.69) is 20.8 Å². The van der Waals surface area contributed by atoms with Crippen molar-refractivity contribution in [2.24, 2.45) is 40.4 Å². The van der Waals surface area contributed by atoms with Gasteiger partial charge in [0.15, 0.2) is 0 Å². The summed E-state index contributed by atoms with van der Waals surface area (Å²) in [5.74, 6) is 2.96. The maximum absolute atomic E-state index is 8.61. The van der Waals surface area contributed by atoms with E-state index in [0.29, 0.717) is 23.7 Å². The molecule has 0 aromatic carbocycles. The minimum atomic E-state index is -1.35. The van der Waals surface area contributed by atoms with Crippen LogP contribution in [0.3, 0.4) is 0 Å². The summed E-state index contributed by atoms with van der Waals surface area (Å²) in [5.41, 5.74) is 0.339. The van der Waals surface area contributed by atoms with Crippen molar-refractivity contribution in [3.63, 3.8) is 0 Å². The highest BCUT2D eigenvalue weighted by Gasteiger charge is 2.59. The Labute approximate surface area is 138 Å². The van der Waals surface area contributed by atoms with Gasteiger partial charge in [0.2, 0.25) is 0 Å². The van der Waals surface area contributed by atoms with Crippen LogP contribution in [0.15, 0.2) is 0 Å². The van der Waals surface area contributed by atoms with Gasteiger partial charge in [0.1, 0.15) is 0 Å². The summed E-state index contributed by atoms with van der Waals surface area (Å²) in [6.07, 6.45) is 6.66. The predicted molar refractivity (Wildman–Crippen MR) is 90.1 cm³/mol. The Balaban J connectivity index is 1.68. The zero-order chi connectivity index (χ0) is 18.3. The number of rotatable bonds is 1. The number of fused-ring (bicyclic) bond motifs is 5. The summed E-state index contributed by atoms with van der Waals surface area (Å²) in [7, 11) is 0. The van der Waals surface area contributed by atoms with Gasteiger partial charge in [-0.2, -0.15) is 0 Å². The van der Waals surface area contributed by atoms with Crippen molar-refractivity contribution in [2.75, 3.05) is 0 Å². The van der Waals surface area contributed by atoms with Crippen molar-refractivity contribution in [1.82, 2.24) is 0 Å². The van der Waals surface area contributed by atoms with E-state index < -0.39 is 12.7 Å². The first kappa shape index (κ1) is 10.7. The normalized spacial score (nSPS) is 64.0. The van der Waals surface area contributed by atoms with Crippen molar-refractivity contribution in [3.8, 4) is 0 Å². The molecule has 0 N–H and O–H groups in total. The molecule has 0 aliphatic heterocycles. The molecular formula is C21H36. The molecule has 4 aliphatic carbocycles. The first-order chi connectivity index (χ1) is 11.5. The van der Waals surface area contributed by atoms with E-state index in [1.54, 1.807) is 0 Å². The van der Waals surface area contributed by atoms with Crippen LogP contribution in [0.2, 0.25) is 0 Å². The minimum Gasteiger partial charge on any atom is -0.0651 e. The standard InChI is InChI=1S/C21H36/c1-4-15-9-11-18-17-10-8-16-7-5-6-13-20(16,2)19(17)12-14-21(15,18)3/h15-19H,4-14H2,1-3H3/t15-,16+,17-,18-,19-,20-,21+/m0/s1/i6D2,7D2. The molecule has 0 heteroatoms. The molecule has 0 radical (unpaired) electrons. The van der Waals surface area contributed by atoms with E-state index >= 15 is 0 Å². The molecule has 7 atom stereocenters. The zero-order valence-corrected chi connectivity index (χ0v) is 14.3. The van der Waals surface area contributed by atoms with E-state index in [1.165, 1.54) is 38.5 Å². The number of hydrogen-bond donors (Lipinski definition) is 0. The molecule has 0 aromatic rings. The molecule has 0 heterocycles. The Bertz CT molecular complexity index is 544. The highest BCUT2D eigenvalue weighted by Crippen LogP contribution is 2.67. The van der Waals surface area contributed by atoms with E-state index in [1.807, 2.05) is 0 Å². The molecule has 0 saturated heterocycles. The van der Waals surface area contributed by atoms with Crippen molar-refractivity contribution in [3.05, 3.63) is 0 Å². The molecule has 0 nitrogen and oxygen atoms in total. The third-order valence-electron chi connectivity index (χ3n) is 8.54. The highest BCUT2D eigenvalue weighted by molar-refractivity contribution is 5.08. The lowest BCUT2D eigenvalue weighted by molar-refractivity contribution is -0.110. The van der Waals surface area contributed by atoms with Crippen molar-refractivity contribution < 1.29 is 5.48 Å². The van der Waals surface area contributed by atoms with Gasteiger partial charge >= 0.3 is 0 Å². The van der Waals surface area contributed by atoms with Crippen LogP contribution in [0.1, 0.15) is 96.8 Å².